The number of morpholine rings is 1. The van der Waals surface area contributed by atoms with Gasteiger partial charge in [-0.2, -0.15) is 5.10 Å². The molecule has 0 spiro atoms. The molecule has 3 rings (SSSR count). The van der Waals surface area contributed by atoms with Gasteiger partial charge in [0.2, 0.25) is 5.91 Å². The summed E-state index contributed by atoms with van der Waals surface area (Å²) >= 11 is 0. The van der Waals surface area contributed by atoms with Gasteiger partial charge in [-0.05, 0) is 26.0 Å². The van der Waals surface area contributed by atoms with E-state index in [0.29, 0.717) is 19.8 Å². The number of rotatable bonds is 4. The number of hydrogen-bond acceptors (Lipinski definition) is 4. The van der Waals surface area contributed by atoms with E-state index >= 15 is 0 Å². The molecule has 0 saturated carbocycles. The Morgan fingerprint density at radius 3 is 2.68 bits per heavy atom. The number of aryl methyl sites for hydroxylation is 1. The Morgan fingerprint density at radius 2 is 2.00 bits per heavy atom. The highest BCUT2D eigenvalue weighted by Crippen LogP contribution is 2.30. The molecular formula is C19H26N4O2. The van der Waals surface area contributed by atoms with Crippen LogP contribution in [0.4, 0.5) is 0 Å². The lowest BCUT2D eigenvalue weighted by Gasteiger charge is -2.36. The van der Waals surface area contributed by atoms with Crippen molar-refractivity contribution in [2.75, 3.05) is 40.4 Å². The SMILES string of the molecule is Cc1nn(-c2ccccc2)c(C)c1C1COCCN1CC(=O)N(C)C. The van der Waals surface area contributed by atoms with Crippen molar-refractivity contribution in [3.8, 4) is 5.69 Å². The third-order valence-corrected chi connectivity index (χ3v) is 4.76. The van der Waals surface area contributed by atoms with E-state index in [9.17, 15) is 4.79 Å². The first-order valence-electron chi connectivity index (χ1n) is 8.62. The van der Waals surface area contributed by atoms with E-state index < -0.39 is 0 Å². The van der Waals surface area contributed by atoms with E-state index in [2.05, 4.69) is 11.8 Å². The molecule has 0 aliphatic carbocycles. The molecule has 1 aliphatic heterocycles. The number of nitrogens with zero attached hydrogens (tertiary/aromatic N) is 4. The lowest BCUT2D eigenvalue weighted by atomic mass is 10.0. The predicted molar refractivity (Wildman–Crippen MR) is 96.9 cm³/mol. The molecule has 2 heterocycles. The van der Waals surface area contributed by atoms with Gasteiger partial charge in [0.25, 0.3) is 0 Å². The number of amides is 1. The molecule has 1 atom stereocenters. The monoisotopic (exact) mass is 342 g/mol. The highest BCUT2D eigenvalue weighted by molar-refractivity contribution is 5.77. The minimum Gasteiger partial charge on any atom is -0.378 e. The van der Waals surface area contributed by atoms with Crippen LogP contribution in [0.5, 0.6) is 0 Å². The van der Waals surface area contributed by atoms with Crippen molar-refractivity contribution in [3.05, 3.63) is 47.3 Å². The number of carbonyl (C=O) groups excluding carboxylic acids is 1. The molecule has 0 N–H and O–H groups in total. The average Bonchev–Trinajstić information content (AvgIpc) is 2.90. The van der Waals surface area contributed by atoms with E-state index in [1.54, 1.807) is 19.0 Å². The zero-order valence-electron chi connectivity index (χ0n) is 15.4. The van der Waals surface area contributed by atoms with Crippen LogP contribution < -0.4 is 0 Å². The van der Waals surface area contributed by atoms with Gasteiger partial charge >= 0.3 is 0 Å². The highest BCUT2D eigenvalue weighted by Gasteiger charge is 2.31. The molecule has 1 saturated heterocycles. The summed E-state index contributed by atoms with van der Waals surface area (Å²) in [6.07, 6.45) is 0. The predicted octanol–water partition coefficient (Wildman–Crippen LogP) is 1.95. The lowest BCUT2D eigenvalue weighted by Crippen LogP contribution is -2.45. The fourth-order valence-corrected chi connectivity index (χ4v) is 3.37. The van der Waals surface area contributed by atoms with Crippen LogP contribution in [-0.4, -0.2) is 65.9 Å². The Kier molecular flexibility index (Phi) is 5.20. The first kappa shape index (κ1) is 17.6. The standard InChI is InChI=1S/C19H26N4O2/c1-14-19(15(2)23(20-14)16-8-6-5-7-9-16)17-13-25-11-10-22(17)12-18(24)21(3)4/h5-9,17H,10-13H2,1-4H3. The van der Waals surface area contributed by atoms with Gasteiger partial charge in [-0.3, -0.25) is 9.69 Å². The van der Waals surface area contributed by atoms with Crippen LogP contribution in [0.2, 0.25) is 0 Å². The molecule has 1 fully saturated rings. The number of para-hydroxylation sites is 1. The summed E-state index contributed by atoms with van der Waals surface area (Å²) in [4.78, 5) is 16.1. The Hall–Kier alpha value is -2.18. The van der Waals surface area contributed by atoms with Crippen molar-refractivity contribution in [1.29, 1.82) is 0 Å². The van der Waals surface area contributed by atoms with Gasteiger partial charge in [-0.1, -0.05) is 18.2 Å². The van der Waals surface area contributed by atoms with Gasteiger partial charge in [0, 0.05) is 31.9 Å². The van der Waals surface area contributed by atoms with Crippen LogP contribution in [0.3, 0.4) is 0 Å². The zero-order chi connectivity index (χ0) is 18.0. The molecule has 1 amide bonds. The maximum Gasteiger partial charge on any atom is 0.236 e. The molecule has 0 bridgehead atoms. The molecule has 6 heteroatoms. The minimum absolute atomic E-state index is 0.0510. The van der Waals surface area contributed by atoms with Gasteiger partial charge in [0.05, 0.1) is 37.2 Å². The van der Waals surface area contributed by atoms with Crippen molar-refractivity contribution in [2.24, 2.45) is 0 Å². The normalized spacial score (nSPS) is 18.3. The summed E-state index contributed by atoms with van der Waals surface area (Å²) in [6.45, 7) is 6.51. The fraction of sp³-hybridized carbons (Fsp3) is 0.474. The first-order valence-corrected chi connectivity index (χ1v) is 8.62. The van der Waals surface area contributed by atoms with E-state index in [1.807, 2.05) is 41.9 Å². The molecule has 1 aromatic heterocycles. The van der Waals surface area contributed by atoms with Crippen molar-refractivity contribution in [2.45, 2.75) is 19.9 Å². The third-order valence-electron chi connectivity index (χ3n) is 4.76. The smallest absolute Gasteiger partial charge is 0.236 e. The molecule has 134 valence electrons. The van der Waals surface area contributed by atoms with E-state index in [-0.39, 0.29) is 11.9 Å². The van der Waals surface area contributed by atoms with Crippen molar-refractivity contribution in [1.82, 2.24) is 19.6 Å². The van der Waals surface area contributed by atoms with Crippen LogP contribution in [0.1, 0.15) is 23.0 Å². The summed E-state index contributed by atoms with van der Waals surface area (Å²) in [5.74, 6) is 0.109. The Labute approximate surface area is 149 Å². The summed E-state index contributed by atoms with van der Waals surface area (Å²) in [5.41, 5.74) is 4.29. The number of benzene rings is 1. The third kappa shape index (κ3) is 3.60. The molecule has 25 heavy (non-hydrogen) atoms. The topological polar surface area (TPSA) is 50.6 Å². The molecule has 6 nitrogen and oxygen atoms in total. The molecule has 1 unspecified atom stereocenters. The lowest BCUT2D eigenvalue weighted by molar-refractivity contribution is -0.132. The second-order valence-corrected chi connectivity index (χ2v) is 6.68. The summed E-state index contributed by atoms with van der Waals surface area (Å²) in [7, 11) is 3.59. The Morgan fingerprint density at radius 1 is 1.28 bits per heavy atom. The van der Waals surface area contributed by atoms with Crippen molar-refractivity contribution >= 4 is 5.91 Å². The number of hydrogen-bond donors (Lipinski definition) is 0. The summed E-state index contributed by atoms with van der Waals surface area (Å²) in [5, 5.41) is 4.74. The van der Waals surface area contributed by atoms with E-state index in [0.717, 1.165) is 29.2 Å². The average molecular weight is 342 g/mol. The van der Waals surface area contributed by atoms with Crippen LogP contribution in [0, 0.1) is 13.8 Å². The largest absolute Gasteiger partial charge is 0.378 e. The number of aromatic nitrogens is 2. The van der Waals surface area contributed by atoms with Gasteiger partial charge < -0.3 is 9.64 Å². The minimum atomic E-state index is 0.0510. The number of likely N-dealkylation sites (N-methyl/N-ethyl adjacent to an activating group) is 1. The number of carbonyl (C=O) groups is 1. The van der Waals surface area contributed by atoms with Crippen LogP contribution in [-0.2, 0) is 9.53 Å². The molecule has 1 aliphatic rings. The number of ether oxygens (including phenoxy) is 1. The summed E-state index contributed by atoms with van der Waals surface area (Å²) in [6, 6.07) is 10.2. The molecule has 0 radical (unpaired) electrons. The van der Waals surface area contributed by atoms with E-state index in [1.165, 1.54) is 0 Å². The van der Waals surface area contributed by atoms with Gasteiger partial charge in [-0.25, -0.2) is 4.68 Å². The van der Waals surface area contributed by atoms with Crippen molar-refractivity contribution < 1.29 is 9.53 Å². The maximum atomic E-state index is 12.2. The van der Waals surface area contributed by atoms with Crippen molar-refractivity contribution in [3.63, 3.8) is 0 Å². The Balaban J connectivity index is 1.94. The Bertz CT molecular complexity index is 739. The highest BCUT2D eigenvalue weighted by atomic mass is 16.5. The van der Waals surface area contributed by atoms with Gasteiger partial charge in [0.15, 0.2) is 0 Å². The zero-order valence-corrected chi connectivity index (χ0v) is 15.4. The second kappa shape index (κ2) is 7.37. The quantitative estimate of drug-likeness (QED) is 0.852. The first-order chi connectivity index (χ1) is 12.0. The second-order valence-electron chi connectivity index (χ2n) is 6.68. The molecule has 1 aromatic carbocycles. The van der Waals surface area contributed by atoms with E-state index in [4.69, 9.17) is 9.84 Å². The van der Waals surface area contributed by atoms with Gasteiger partial charge in [-0.15, -0.1) is 0 Å². The van der Waals surface area contributed by atoms with Crippen LogP contribution in [0.25, 0.3) is 5.69 Å². The van der Waals surface area contributed by atoms with Gasteiger partial charge in [0.1, 0.15) is 0 Å². The molecule has 2 aromatic rings. The fourth-order valence-electron chi connectivity index (χ4n) is 3.37. The summed E-state index contributed by atoms with van der Waals surface area (Å²) < 4.78 is 7.71. The van der Waals surface area contributed by atoms with Crippen LogP contribution >= 0.6 is 0 Å². The molecular weight excluding hydrogens is 316 g/mol. The maximum absolute atomic E-state index is 12.2. The van der Waals surface area contributed by atoms with Crippen LogP contribution in [0.15, 0.2) is 30.3 Å².